The van der Waals surface area contributed by atoms with Gasteiger partial charge >= 0.3 is 0 Å². The lowest BCUT2D eigenvalue weighted by Gasteiger charge is -2.32. The van der Waals surface area contributed by atoms with E-state index in [4.69, 9.17) is 4.42 Å². The fraction of sp³-hybridized carbons (Fsp3) is 0.333. The molecule has 1 atom stereocenters. The molecule has 3 aromatic rings. The van der Waals surface area contributed by atoms with E-state index in [2.05, 4.69) is 34.7 Å². The number of hydrogen-bond acceptors (Lipinski definition) is 5. The monoisotopic (exact) mass is 394 g/mol. The van der Waals surface area contributed by atoms with E-state index in [9.17, 15) is 10.1 Å². The first-order valence-electron chi connectivity index (χ1n) is 9.32. The van der Waals surface area contributed by atoms with Gasteiger partial charge in [-0.05, 0) is 49.4 Å². The predicted molar refractivity (Wildman–Crippen MR) is 108 cm³/mol. The molecule has 0 saturated heterocycles. The maximum Gasteiger partial charge on any atom is 0.256 e. The van der Waals surface area contributed by atoms with Crippen molar-refractivity contribution in [3.05, 3.63) is 63.3 Å². The maximum atomic E-state index is 12.8. The van der Waals surface area contributed by atoms with E-state index < -0.39 is 0 Å². The Labute approximate surface area is 168 Å². The minimum atomic E-state index is -0.267. The lowest BCUT2D eigenvalue weighted by Crippen LogP contribution is -2.44. The molecule has 1 aliphatic heterocycles. The largest absolute Gasteiger partial charge is 0.443 e. The maximum absolute atomic E-state index is 12.8. The van der Waals surface area contributed by atoms with Gasteiger partial charge in [0.15, 0.2) is 0 Å². The van der Waals surface area contributed by atoms with Crippen molar-refractivity contribution < 1.29 is 9.21 Å². The molecule has 6 nitrogen and oxygen atoms in total. The van der Waals surface area contributed by atoms with Gasteiger partial charge in [0.05, 0.1) is 0 Å². The van der Waals surface area contributed by atoms with E-state index in [1.54, 1.807) is 23.9 Å². The normalized spacial score (nSPS) is 15.0. The molecule has 1 aliphatic rings. The Morgan fingerprint density at radius 3 is 2.96 bits per heavy atom. The topological polar surface area (TPSA) is 74.2 Å². The lowest BCUT2D eigenvalue weighted by atomic mass is 10.1. The van der Waals surface area contributed by atoms with Gasteiger partial charge in [0.1, 0.15) is 23.0 Å². The van der Waals surface area contributed by atoms with E-state index in [-0.39, 0.29) is 17.5 Å². The Hall–Kier alpha value is -2.82. The zero-order valence-corrected chi connectivity index (χ0v) is 16.8. The summed E-state index contributed by atoms with van der Waals surface area (Å²) in [6, 6.07) is 8.21. The van der Waals surface area contributed by atoms with E-state index >= 15 is 0 Å². The molecular weight excluding hydrogens is 372 g/mol. The Bertz CT molecular complexity index is 1030. The number of rotatable bonds is 5. The van der Waals surface area contributed by atoms with Crippen LogP contribution in [-0.4, -0.2) is 34.5 Å². The fourth-order valence-corrected chi connectivity index (χ4v) is 4.55. The van der Waals surface area contributed by atoms with Crippen LogP contribution >= 0.6 is 11.3 Å². The third kappa shape index (κ3) is 3.37. The van der Waals surface area contributed by atoms with Crippen LogP contribution in [0, 0.1) is 18.3 Å². The molecule has 28 heavy (non-hydrogen) atoms. The summed E-state index contributed by atoms with van der Waals surface area (Å²) in [4.78, 5) is 16.7. The molecule has 0 spiro atoms. The Balaban J connectivity index is 1.45. The van der Waals surface area contributed by atoms with Gasteiger partial charge in [-0.15, -0.1) is 11.3 Å². The first-order valence-corrected chi connectivity index (χ1v) is 10.2. The highest BCUT2D eigenvalue weighted by molar-refractivity contribution is 7.10. The molecule has 144 valence electrons. The number of aromatic nitrogens is 1. The smallest absolute Gasteiger partial charge is 0.256 e. The lowest BCUT2D eigenvalue weighted by molar-refractivity contribution is 0.0931. The molecule has 1 N–H and O–H groups in total. The molecule has 4 rings (SSSR count). The number of nitrogens with zero attached hydrogens (tertiary/aromatic N) is 3. The summed E-state index contributed by atoms with van der Waals surface area (Å²) >= 11 is 1.82. The number of thiophene rings is 1. The van der Waals surface area contributed by atoms with Crippen LogP contribution in [0.3, 0.4) is 0 Å². The van der Waals surface area contributed by atoms with Gasteiger partial charge in [0.2, 0.25) is 5.88 Å². The molecule has 3 aromatic heterocycles. The van der Waals surface area contributed by atoms with Gasteiger partial charge in [-0.3, -0.25) is 14.3 Å². The number of carbonyl (C=O) groups excluding carboxylic acids is 1. The van der Waals surface area contributed by atoms with Crippen LogP contribution in [0.15, 0.2) is 40.4 Å². The molecule has 0 bridgehead atoms. The van der Waals surface area contributed by atoms with Crippen molar-refractivity contribution in [2.24, 2.45) is 0 Å². The molecule has 1 amide bonds. The average Bonchev–Trinajstić information content (AvgIpc) is 3.43. The van der Waals surface area contributed by atoms with Gasteiger partial charge in [-0.25, -0.2) is 0 Å². The van der Waals surface area contributed by atoms with Crippen LogP contribution in [0.4, 0.5) is 0 Å². The molecule has 1 unspecified atom stereocenters. The summed E-state index contributed by atoms with van der Waals surface area (Å²) in [6.07, 6.45) is 4.64. The van der Waals surface area contributed by atoms with Gasteiger partial charge < -0.3 is 9.73 Å². The molecule has 0 saturated carbocycles. The number of nitriles is 1. The first-order chi connectivity index (χ1) is 13.6. The predicted octanol–water partition coefficient (Wildman–Crippen LogP) is 3.49. The Kier molecular flexibility index (Phi) is 5.07. The number of amides is 1. The van der Waals surface area contributed by atoms with Crippen molar-refractivity contribution in [3.8, 4) is 12.0 Å². The summed E-state index contributed by atoms with van der Waals surface area (Å²) in [5, 5.41) is 14.7. The minimum absolute atomic E-state index is 0.207. The number of furan rings is 1. The zero-order chi connectivity index (χ0) is 19.7. The van der Waals surface area contributed by atoms with E-state index in [0.29, 0.717) is 23.8 Å². The number of aryl methyl sites for hydroxylation is 1. The van der Waals surface area contributed by atoms with Crippen LogP contribution in [0.1, 0.15) is 39.0 Å². The fourth-order valence-electron chi connectivity index (χ4n) is 3.66. The molecule has 4 heterocycles. The van der Waals surface area contributed by atoms with Crippen LogP contribution in [0.2, 0.25) is 0 Å². The standard InChI is InChI=1S/C21H22N4O2S/c1-14(25-9-5-18-16(13-25)6-10-28-18)12-23-20(26)19-15(2)27-21(17(19)11-22)24-7-3-4-8-24/h3-4,6-8,10,14H,5,9,12-13H2,1-2H3,(H,23,26). The van der Waals surface area contributed by atoms with Crippen molar-refractivity contribution in [1.82, 2.24) is 14.8 Å². The van der Waals surface area contributed by atoms with Crippen molar-refractivity contribution in [2.45, 2.75) is 32.9 Å². The van der Waals surface area contributed by atoms with Crippen LogP contribution in [-0.2, 0) is 13.0 Å². The number of fused-ring (bicyclic) bond motifs is 1. The Morgan fingerprint density at radius 2 is 2.21 bits per heavy atom. The van der Waals surface area contributed by atoms with Gasteiger partial charge in [-0.1, -0.05) is 0 Å². The van der Waals surface area contributed by atoms with E-state index in [0.717, 1.165) is 19.5 Å². The molecule has 7 heteroatoms. The molecule has 0 fully saturated rings. The summed E-state index contributed by atoms with van der Waals surface area (Å²) in [5.41, 5.74) is 1.97. The number of hydrogen-bond donors (Lipinski definition) is 1. The highest BCUT2D eigenvalue weighted by atomic mass is 32.1. The molecule has 0 radical (unpaired) electrons. The zero-order valence-electron chi connectivity index (χ0n) is 15.9. The second-order valence-corrected chi connectivity index (χ2v) is 8.06. The second kappa shape index (κ2) is 7.66. The highest BCUT2D eigenvalue weighted by Gasteiger charge is 2.26. The number of carbonyl (C=O) groups is 1. The molecular formula is C21H22N4O2S. The summed E-state index contributed by atoms with van der Waals surface area (Å²) in [5.74, 6) is 0.562. The van der Waals surface area contributed by atoms with Crippen LogP contribution < -0.4 is 5.32 Å². The number of nitrogens with one attached hydrogen (secondary N) is 1. The third-order valence-electron chi connectivity index (χ3n) is 5.26. The van der Waals surface area contributed by atoms with Crippen molar-refractivity contribution >= 4 is 17.2 Å². The van der Waals surface area contributed by atoms with Gasteiger partial charge in [0.25, 0.3) is 5.91 Å². The van der Waals surface area contributed by atoms with Gasteiger partial charge in [-0.2, -0.15) is 5.26 Å². The SMILES string of the molecule is Cc1oc(-n2cccc2)c(C#N)c1C(=O)NCC(C)N1CCc2sccc2C1. The van der Waals surface area contributed by atoms with Crippen molar-refractivity contribution in [2.75, 3.05) is 13.1 Å². The highest BCUT2D eigenvalue weighted by Crippen LogP contribution is 2.26. The summed E-state index contributed by atoms with van der Waals surface area (Å²) in [7, 11) is 0. The van der Waals surface area contributed by atoms with Crippen molar-refractivity contribution in [1.29, 1.82) is 5.26 Å². The van der Waals surface area contributed by atoms with E-state index in [1.807, 2.05) is 23.5 Å². The van der Waals surface area contributed by atoms with Crippen LogP contribution in [0.5, 0.6) is 0 Å². The van der Waals surface area contributed by atoms with Crippen LogP contribution in [0.25, 0.3) is 5.88 Å². The summed E-state index contributed by atoms with van der Waals surface area (Å²) in [6.45, 7) is 6.27. The second-order valence-electron chi connectivity index (χ2n) is 7.06. The minimum Gasteiger partial charge on any atom is -0.443 e. The Morgan fingerprint density at radius 1 is 1.43 bits per heavy atom. The summed E-state index contributed by atoms with van der Waals surface area (Å²) < 4.78 is 7.43. The molecule has 0 aliphatic carbocycles. The van der Waals surface area contributed by atoms with Gasteiger partial charge in [0, 0.05) is 42.9 Å². The first kappa shape index (κ1) is 18.5. The third-order valence-corrected chi connectivity index (χ3v) is 6.29. The molecule has 0 aromatic carbocycles. The average molecular weight is 395 g/mol. The quantitative estimate of drug-likeness (QED) is 0.719. The van der Waals surface area contributed by atoms with Crippen molar-refractivity contribution in [3.63, 3.8) is 0 Å². The van der Waals surface area contributed by atoms with E-state index in [1.165, 1.54) is 10.4 Å².